The Hall–Kier alpha value is -1.14. The third-order valence-corrected chi connectivity index (χ3v) is 4.59. The molecule has 2 bridgehead atoms. The van der Waals surface area contributed by atoms with Crippen LogP contribution < -0.4 is 10.7 Å². The minimum absolute atomic E-state index is 0.122. The van der Waals surface area contributed by atoms with E-state index >= 15 is 0 Å². The van der Waals surface area contributed by atoms with Crippen molar-refractivity contribution < 1.29 is 10.1 Å². The molecule has 2 fully saturated rings. The molecule has 2 saturated carbocycles. The monoisotopic (exact) mass is 325 g/mol. The summed E-state index contributed by atoms with van der Waals surface area (Å²) in [7, 11) is 0. The van der Waals surface area contributed by atoms with Crippen LogP contribution in [-0.2, 0) is 0 Å². The average molecular weight is 326 g/mol. The number of nitrogens with two attached hydrogens (primary N) is 1. The van der Waals surface area contributed by atoms with Gasteiger partial charge in [0, 0.05) is 28.4 Å². The molecule has 3 rings (SSSR count). The van der Waals surface area contributed by atoms with Crippen LogP contribution in [0.1, 0.15) is 37.9 Å². The SMILES string of the molecule is NC(/C=C\c1[nH]c(Br)c[nH+]1)=NC12CCC(O)(CC1)C2. The zero-order valence-corrected chi connectivity index (χ0v) is 12.2. The maximum Gasteiger partial charge on any atom is 0.278 e. The van der Waals surface area contributed by atoms with Gasteiger partial charge in [-0.1, -0.05) is 0 Å². The molecule has 0 atom stereocenters. The first-order chi connectivity index (χ1) is 8.99. The predicted octanol–water partition coefficient (Wildman–Crippen LogP) is 1.41. The van der Waals surface area contributed by atoms with Crippen LogP contribution in [0.2, 0.25) is 0 Å². The van der Waals surface area contributed by atoms with Crippen molar-refractivity contribution in [3.63, 3.8) is 0 Å². The molecule has 2 aliphatic rings. The van der Waals surface area contributed by atoms with E-state index in [1.807, 2.05) is 12.3 Å². The zero-order valence-electron chi connectivity index (χ0n) is 10.6. The Morgan fingerprint density at radius 2 is 2.21 bits per heavy atom. The van der Waals surface area contributed by atoms with Crippen molar-refractivity contribution in [2.24, 2.45) is 10.7 Å². The van der Waals surface area contributed by atoms with Crippen LogP contribution in [0.3, 0.4) is 0 Å². The van der Waals surface area contributed by atoms with Gasteiger partial charge in [-0.15, -0.1) is 0 Å². The summed E-state index contributed by atoms with van der Waals surface area (Å²) in [5.74, 6) is 1.38. The zero-order chi connectivity index (χ0) is 13.5. The summed E-state index contributed by atoms with van der Waals surface area (Å²) in [5, 5.41) is 10.2. The van der Waals surface area contributed by atoms with Crippen molar-refractivity contribution in [1.29, 1.82) is 0 Å². The van der Waals surface area contributed by atoms with Gasteiger partial charge in [0.2, 0.25) is 4.60 Å². The fourth-order valence-corrected chi connectivity index (χ4v) is 3.54. The first-order valence-corrected chi connectivity index (χ1v) is 7.30. The molecule has 1 aromatic heterocycles. The molecule has 0 amide bonds. The number of imidazole rings is 1. The molecule has 6 heteroatoms. The number of hydrogen-bond acceptors (Lipinski definition) is 2. The van der Waals surface area contributed by atoms with Crippen LogP contribution in [-0.4, -0.2) is 27.1 Å². The third kappa shape index (κ3) is 2.60. The molecule has 0 saturated heterocycles. The van der Waals surface area contributed by atoms with Crippen LogP contribution in [0.15, 0.2) is 21.9 Å². The maximum atomic E-state index is 10.2. The Balaban J connectivity index is 1.72. The maximum absolute atomic E-state index is 10.2. The van der Waals surface area contributed by atoms with E-state index in [1.54, 1.807) is 6.08 Å². The number of H-pyrrole nitrogens is 2. The number of hydrogen-bond donors (Lipinski definition) is 3. The summed E-state index contributed by atoms with van der Waals surface area (Å²) in [6.45, 7) is 0. The normalized spacial score (nSPS) is 34.5. The van der Waals surface area contributed by atoms with Crippen LogP contribution >= 0.6 is 15.9 Å². The fraction of sp³-hybridized carbons (Fsp3) is 0.538. The number of aliphatic imine (C=N–C) groups is 1. The molecule has 0 aliphatic heterocycles. The van der Waals surface area contributed by atoms with Gasteiger partial charge in [0.1, 0.15) is 12.0 Å². The molecule has 2 aliphatic carbocycles. The molecule has 5 nitrogen and oxygen atoms in total. The number of rotatable bonds is 3. The minimum Gasteiger partial charge on any atom is -0.390 e. The quantitative estimate of drug-likeness (QED) is 0.579. The molecule has 1 aromatic rings. The summed E-state index contributed by atoms with van der Waals surface area (Å²) in [6.07, 6.45) is 9.82. The Morgan fingerprint density at radius 1 is 1.47 bits per heavy atom. The average Bonchev–Trinajstić information content (AvgIpc) is 2.99. The van der Waals surface area contributed by atoms with Gasteiger partial charge in [-0.05, 0) is 31.8 Å². The molecular formula is C13H18BrN4O+. The number of halogens is 1. The highest BCUT2D eigenvalue weighted by molar-refractivity contribution is 9.10. The number of nitrogens with one attached hydrogen (secondary N) is 2. The number of aliphatic hydroxyl groups is 1. The lowest BCUT2D eigenvalue weighted by atomic mass is 9.93. The first kappa shape index (κ1) is 12.9. The summed E-state index contributed by atoms with van der Waals surface area (Å²) in [5.41, 5.74) is 5.37. The van der Waals surface area contributed by atoms with Crippen molar-refractivity contribution in [3.05, 3.63) is 22.7 Å². The molecule has 0 spiro atoms. The van der Waals surface area contributed by atoms with Gasteiger partial charge >= 0.3 is 0 Å². The predicted molar refractivity (Wildman–Crippen MR) is 76.5 cm³/mol. The number of fused-ring (bicyclic) bond motifs is 2. The van der Waals surface area contributed by atoms with E-state index in [2.05, 4.69) is 30.9 Å². The van der Waals surface area contributed by atoms with Crippen LogP contribution in [0.25, 0.3) is 6.08 Å². The smallest absolute Gasteiger partial charge is 0.278 e. The van der Waals surface area contributed by atoms with Gasteiger partial charge in [0.15, 0.2) is 0 Å². The van der Waals surface area contributed by atoms with E-state index in [-0.39, 0.29) is 5.54 Å². The van der Waals surface area contributed by atoms with Crippen molar-refractivity contribution in [3.8, 4) is 0 Å². The van der Waals surface area contributed by atoms with Crippen LogP contribution in [0.4, 0.5) is 0 Å². The molecule has 0 unspecified atom stereocenters. The van der Waals surface area contributed by atoms with E-state index in [0.717, 1.165) is 42.5 Å². The largest absolute Gasteiger partial charge is 0.390 e. The van der Waals surface area contributed by atoms with Crippen LogP contribution in [0.5, 0.6) is 0 Å². The Kier molecular flexibility index (Phi) is 3.02. The summed E-state index contributed by atoms with van der Waals surface area (Å²) in [4.78, 5) is 10.8. The van der Waals surface area contributed by atoms with Gasteiger partial charge in [-0.25, -0.2) is 9.97 Å². The number of aromatic nitrogens is 2. The Morgan fingerprint density at radius 3 is 2.74 bits per heavy atom. The molecule has 0 aromatic carbocycles. The molecule has 5 N–H and O–H groups in total. The first-order valence-electron chi connectivity index (χ1n) is 6.51. The minimum atomic E-state index is -0.481. The number of aromatic amines is 2. The van der Waals surface area contributed by atoms with E-state index in [4.69, 9.17) is 5.73 Å². The highest BCUT2D eigenvalue weighted by atomic mass is 79.9. The van der Waals surface area contributed by atoms with E-state index in [1.165, 1.54) is 0 Å². The number of amidine groups is 1. The Bertz CT molecular complexity index is 541. The summed E-state index contributed by atoms with van der Waals surface area (Å²) in [6, 6.07) is 0. The van der Waals surface area contributed by atoms with Crippen molar-refractivity contribution in [1.82, 2.24) is 4.98 Å². The number of nitrogens with zero attached hydrogens (tertiary/aromatic N) is 1. The molecular weight excluding hydrogens is 308 g/mol. The second-order valence-corrected chi connectivity index (χ2v) is 6.53. The van der Waals surface area contributed by atoms with Crippen molar-refractivity contribution in [2.75, 3.05) is 0 Å². The van der Waals surface area contributed by atoms with Gasteiger partial charge < -0.3 is 10.8 Å². The lowest BCUT2D eigenvalue weighted by molar-refractivity contribution is -0.379. The lowest BCUT2D eigenvalue weighted by Crippen LogP contribution is -2.24. The summed E-state index contributed by atoms with van der Waals surface area (Å²) < 4.78 is 0.887. The molecule has 19 heavy (non-hydrogen) atoms. The van der Waals surface area contributed by atoms with E-state index in [0.29, 0.717) is 5.84 Å². The van der Waals surface area contributed by atoms with Gasteiger partial charge in [0.25, 0.3) is 5.82 Å². The van der Waals surface area contributed by atoms with Gasteiger partial charge in [0.05, 0.1) is 11.1 Å². The molecule has 0 radical (unpaired) electrons. The van der Waals surface area contributed by atoms with Gasteiger partial charge in [-0.2, -0.15) is 0 Å². The van der Waals surface area contributed by atoms with Crippen LogP contribution in [0, 0.1) is 0 Å². The molecule has 102 valence electrons. The van der Waals surface area contributed by atoms with Gasteiger partial charge in [-0.3, -0.25) is 4.99 Å². The molecule has 1 heterocycles. The second-order valence-electron chi connectivity index (χ2n) is 5.67. The standard InChI is InChI=1S/C13H17BrN4O/c14-9-7-16-11(17-9)2-1-10(15)18-12-3-5-13(19,8-12)6-4-12/h1-2,7,19H,3-6,8H2,(H2,15,18)(H,16,17)/p+1/b2-1-. The van der Waals surface area contributed by atoms with Crippen molar-refractivity contribution in [2.45, 2.75) is 43.2 Å². The topological polar surface area (TPSA) is 88.5 Å². The highest BCUT2D eigenvalue weighted by Gasteiger charge is 2.53. The highest BCUT2D eigenvalue weighted by Crippen LogP contribution is 2.52. The Labute approximate surface area is 120 Å². The fourth-order valence-electron chi connectivity index (χ4n) is 3.21. The van der Waals surface area contributed by atoms with E-state index in [9.17, 15) is 5.11 Å². The summed E-state index contributed by atoms with van der Waals surface area (Å²) >= 11 is 3.33. The van der Waals surface area contributed by atoms with Crippen molar-refractivity contribution >= 4 is 27.8 Å². The second kappa shape index (κ2) is 4.45. The van der Waals surface area contributed by atoms with E-state index < -0.39 is 5.60 Å². The third-order valence-electron chi connectivity index (χ3n) is 4.17. The lowest BCUT2D eigenvalue weighted by Gasteiger charge is -2.22.